The monoisotopic (exact) mass is 280 g/mol. The van der Waals surface area contributed by atoms with E-state index in [1.165, 1.54) is 0 Å². The lowest BCUT2D eigenvalue weighted by Crippen LogP contribution is -2.31. The average molecular weight is 280 g/mol. The van der Waals surface area contributed by atoms with Crippen LogP contribution in [0.15, 0.2) is 12.4 Å². The van der Waals surface area contributed by atoms with Crippen molar-refractivity contribution < 1.29 is 14.3 Å². The first kappa shape index (κ1) is 14.4. The van der Waals surface area contributed by atoms with Gasteiger partial charge in [-0.2, -0.15) is 4.98 Å². The van der Waals surface area contributed by atoms with Gasteiger partial charge < -0.3 is 19.3 Å². The zero-order valence-corrected chi connectivity index (χ0v) is 12.1. The molecule has 1 atom stereocenters. The number of ether oxygens (including phenoxy) is 2. The van der Waals surface area contributed by atoms with E-state index in [4.69, 9.17) is 9.47 Å². The van der Waals surface area contributed by atoms with Crippen LogP contribution in [0.4, 0.5) is 10.6 Å². The minimum Gasteiger partial charge on any atom is -0.471 e. The van der Waals surface area contributed by atoms with E-state index < -0.39 is 0 Å². The third kappa shape index (κ3) is 3.49. The van der Waals surface area contributed by atoms with Gasteiger partial charge in [-0.05, 0) is 6.92 Å². The quantitative estimate of drug-likeness (QED) is 0.824. The molecule has 7 nitrogen and oxygen atoms in total. The van der Waals surface area contributed by atoms with E-state index in [0.29, 0.717) is 25.6 Å². The molecule has 1 aromatic heterocycles. The lowest BCUT2D eigenvalue weighted by atomic mass is 10.3. The van der Waals surface area contributed by atoms with E-state index >= 15 is 0 Å². The summed E-state index contributed by atoms with van der Waals surface area (Å²) in [6.07, 6.45) is 3.68. The van der Waals surface area contributed by atoms with Crippen LogP contribution in [0, 0.1) is 0 Å². The molecular formula is C13H20N4O3. The molecule has 110 valence electrons. The molecule has 1 unspecified atom stereocenters. The molecule has 7 heteroatoms. The lowest BCUT2D eigenvalue weighted by molar-refractivity contribution is 0.109. The van der Waals surface area contributed by atoms with Crippen LogP contribution in [0.3, 0.4) is 0 Å². The van der Waals surface area contributed by atoms with Crippen LogP contribution in [0.2, 0.25) is 0 Å². The Kier molecular flexibility index (Phi) is 4.60. The Hall–Kier alpha value is -2.05. The number of rotatable bonds is 4. The summed E-state index contributed by atoms with van der Waals surface area (Å²) in [5.41, 5.74) is 0. The summed E-state index contributed by atoms with van der Waals surface area (Å²) in [5.74, 6) is 1.22. The number of aromatic nitrogens is 2. The number of carbonyl (C=O) groups excluding carboxylic acids is 1. The van der Waals surface area contributed by atoms with Gasteiger partial charge in [0.15, 0.2) is 5.82 Å². The summed E-state index contributed by atoms with van der Waals surface area (Å²) < 4.78 is 10.7. The summed E-state index contributed by atoms with van der Waals surface area (Å²) in [7, 11) is 3.79. The third-order valence-electron chi connectivity index (χ3n) is 3.02. The first-order chi connectivity index (χ1) is 9.60. The van der Waals surface area contributed by atoms with Crippen molar-refractivity contribution in [3.63, 3.8) is 0 Å². The van der Waals surface area contributed by atoms with E-state index in [0.717, 1.165) is 12.2 Å². The van der Waals surface area contributed by atoms with E-state index in [2.05, 4.69) is 9.97 Å². The second-order valence-electron chi connectivity index (χ2n) is 4.78. The fourth-order valence-corrected chi connectivity index (χ4v) is 1.99. The van der Waals surface area contributed by atoms with E-state index in [1.807, 2.05) is 19.0 Å². The topological polar surface area (TPSA) is 67.8 Å². The maximum Gasteiger partial charge on any atom is 0.409 e. The predicted molar refractivity (Wildman–Crippen MR) is 74.0 cm³/mol. The molecule has 1 saturated heterocycles. The molecule has 2 rings (SSSR count). The third-order valence-corrected chi connectivity index (χ3v) is 3.02. The molecule has 0 N–H and O–H groups in total. The highest BCUT2D eigenvalue weighted by molar-refractivity contribution is 5.68. The predicted octanol–water partition coefficient (Wildman–Crippen LogP) is 1.15. The van der Waals surface area contributed by atoms with Gasteiger partial charge >= 0.3 is 6.09 Å². The van der Waals surface area contributed by atoms with Crippen molar-refractivity contribution >= 4 is 11.9 Å². The molecule has 0 spiro atoms. The van der Waals surface area contributed by atoms with Gasteiger partial charge in [0.2, 0.25) is 5.88 Å². The molecule has 0 radical (unpaired) electrons. The maximum atomic E-state index is 11.6. The summed E-state index contributed by atoms with van der Waals surface area (Å²) in [6, 6.07) is 0. The smallest absolute Gasteiger partial charge is 0.409 e. The van der Waals surface area contributed by atoms with Crippen LogP contribution in [0.5, 0.6) is 5.88 Å². The molecule has 20 heavy (non-hydrogen) atoms. The highest BCUT2D eigenvalue weighted by atomic mass is 16.6. The lowest BCUT2D eigenvalue weighted by Gasteiger charge is -2.17. The average Bonchev–Trinajstić information content (AvgIpc) is 2.88. The van der Waals surface area contributed by atoms with E-state index in [-0.39, 0.29) is 12.2 Å². The molecule has 2 heterocycles. The highest BCUT2D eigenvalue weighted by Crippen LogP contribution is 2.18. The molecule has 0 saturated carbocycles. The van der Waals surface area contributed by atoms with Crippen molar-refractivity contribution in [3.05, 3.63) is 12.4 Å². The number of nitrogens with zero attached hydrogens (tertiary/aromatic N) is 4. The number of hydrogen-bond acceptors (Lipinski definition) is 6. The van der Waals surface area contributed by atoms with Crippen molar-refractivity contribution in [2.24, 2.45) is 0 Å². The molecule has 0 aliphatic carbocycles. The van der Waals surface area contributed by atoms with Crippen LogP contribution in [0.25, 0.3) is 0 Å². The molecule has 1 amide bonds. The van der Waals surface area contributed by atoms with Crippen LogP contribution >= 0.6 is 0 Å². The minimum atomic E-state index is -0.285. The number of likely N-dealkylation sites (tertiary alicyclic amines) is 1. The Morgan fingerprint density at radius 1 is 1.50 bits per heavy atom. The first-order valence-electron chi connectivity index (χ1n) is 6.68. The zero-order valence-electron chi connectivity index (χ0n) is 12.1. The Bertz CT molecular complexity index is 467. The van der Waals surface area contributed by atoms with Gasteiger partial charge in [-0.15, -0.1) is 0 Å². The summed E-state index contributed by atoms with van der Waals surface area (Å²) in [6.45, 7) is 3.35. The molecular weight excluding hydrogens is 260 g/mol. The number of hydrogen-bond donors (Lipinski definition) is 0. The van der Waals surface area contributed by atoms with Gasteiger partial charge in [-0.1, -0.05) is 0 Å². The van der Waals surface area contributed by atoms with E-state index in [1.54, 1.807) is 24.2 Å². The summed E-state index contributed by atoms with van der Waals surface area (Å²) in [5, 5.41) is 0. The van der Waals surface area contributed by atoms with Gasteiger partial charge in [0.25, 0.3) is 0 Å². The van der Waals surface area contributed by atoms with Gasteiger partial charge in [-0.25, -0.2) is 4.79 Å². The minimum absolute atomic E-state index is 0.0638. The summed E-state index contributed by atoms with van der Waals surface area (Å²) >= 11 is 0. The van der Waals surface area contributed by atoms with Crippen molar-refractivity contribution in [3.8, 4) is 5.88 Å². The molecule has 1 fully saturated rings. The van der Waals surface area contributed by atoms with Crippen molar-refractivity contribution in [1.29, 1.82) is 0 Å². The van der Waals surface area contributed by atoms with Gasteiger partial charge in [0.1, 0.15) is 6.10 Å². The van der Waals surface area contributed by atoms with Crippen molar-refractivity contribution in [1.82, 2.24) is 14.9 Å². The van der Waals surface area contributed by atoms with Crippen molar-refractivity contribution in [2.45, 2.75) is 19.4 Å². The van der Waals surface area contributed by atoms with Crippen LogP contribution < -0.4 is 9.64 Å². The molecule has 1 aliphatic heterocycles. The van der Waals surface area contributed by atoms with Crippen LogP contribution in [0.1, 0.15) is 13.3 Å². The Labute approximate surface area is 118 Å². The highest BCUT2D eigenvalue weighted by Gasteiger charge is 2.28. The molecule has 1 aliphatic rings. The van der Waals surface area contributed by atoms with Crippen LogP contribution in [-0.4, -0.2) is 60.9 Å². The van der Waals surface area contributed by atoms with Crippen molar-refractivity contribution in [2.75, 3.05) is 38.7 Å². The number of anilines is 1. The fourth-order valence-electron chi connectivity index (χ4n) is 1.99. The largest absolute Gasteiger partial charge is 0.471 e. The standard InChI is InChI=1S/C13H20N4O3/c1-4-19-13(18)17-6-5-10(9-17)20-12-8-14-7-11(15-12)16(2)3/h7-8,10H,4-6,9H2,1-3H3. The molecule has 0 aromatic carbocycles. The number of carbonyl (C=O) groups is 1. The Balaban J connectivity index is 1.92. The molecule has 0 bridgehead atoms. The van der Waals surface area contributed by atoms with E-state index in [9.17, 15) is 4.79 Å². The molecule has 1 aromatic rings. The van der Waals surface area contributed by atoms with Gasteiger partial charge in [0.05, 0.1) is 25.5 Å². The Morgan fingerprint density at radius 2 is 2.30 bits per heavy atom. The second-order valence-corrected chi connectivity index (χ2v) is 4.78. The first-order valence-corrected chi connectivity index (χ1v) is 6.68. The van der Waals surface area contributed by atoms with Gasteiger partial charge in [-0.3, -0.25) is 4.98 Å². The summed E-state index contributed by atoms with van der Waals surface area (Å²) in [4.78, 5) is 23.6. The maximum absolute atomic E-state index is 11.6. The number of amides is 1. The van der Waals surface area contributed by atoms with Gasteiger partial charge in [0, 0.05) is 27.1 Å². The van der Waals surface area contributed by atoms with Crippen LogP contribution in [-0.2, 0) is 4.74 Å². The normalized spacial score (nSPS) is 17.9. The zero-order chi connectivity index (χ0) is 14.5. The SMILES string of the molecule is CCOC(=O)N1CCC(Oc2cncc(N(C)C)n2)C1. The second kappa shape index (κ2) is 6.40. The Morgan fingerprint density at radius 3 is 3.00 bits per heavy atom. The fraction of sp³-hybridized carbons (Fsp3) is 0.615.